The van der Waals surface area contributed by atoms with Gasteiger partial charge < -0.3 is 5.11 Å². The highest BCUT2D eigenvalue weighted by Crippen LogP contribution is 2.21. The third-order valence-corrected chi connectivity index (χ3v) is 2.25. The summed E-state index contributed by atoms with van der Waals surface area (Å²) in [5.41, 5.74) is 3.62. The molecular formula is C12H12N2O. The van der Waals surface area contributed by atoms with Crippen LogP contribution in [-0.2, 0) is 6.61 Å². The van der Waals surface area contributed by atoms with Gasteiger partial charge in [0.05, 0.1) is 12.3 Å². The van der Waals surface area contributed by atoms with Crippen LogP contribution in [0.3, 0.4) is 0 Å². The summed E-state index contributed by atoms with van der Waals surface area (Å²) in [6.45, 7) is 1.87. The van der Waals surface area contributed by atoms with Crippen molar-refractivity contribution in [2.24, 2.45) is 0 Å². The van der Waals surface area contributed by atoms with Gasteiger partial charge in [0, 0.05) is 23.7 Å². The third kappa shape index (κ3) is 2.02. The van der Waals surface area contributed by atoms with Crippen molar-refractivity contribution in [2.45, 2.75) is 13.5 Å². The maximum Gasteiger partial charge on any atom is 0.0859 e. The Morgan fingerprint density at radius 1 is 1.13 bits per heavy atom. The molecule has 15 heavy (non-hydrogen) atoms. The summed E-state index contributed by atoms with van der Waals surface area (Å²) in [5.74, 6) is 0. The zero-order chi connectivity index (χ0) is 10.7. The smallest absolute Gasteiger partial charge is 0.0859 e. The predicted octanol–water partition coefficient (Wildman–Crippen LogP) is 1.94. The molecule has 0 saturated heterocycles. The molecule has 2 rings (SSSR count). The maximum atomic E-state index is 9.23. The van der Waals surface area contributed by atoms with Crippen molar-refractivity contribution < 1.29 is 5.11 Å². The van der Waals surface area contributed by atoms with E-state index in [1.807, 2.05) is 31.2 Å². The van der Waals surface area contributed by atoms with Crippen LogP contribution in [-0.4, -0.2) is 15.1 Å². The fourth-order valence-electron chi connectivity index (χ4n) is 1.53. The Bertz CT molecular complexity index is 454. The number of hydrogen-bond donors (Lipinski definition) is 1. The molecule has 0 fully saturated rings. The molecule has 0 atom stereocenters. The third-order valence-electron chi connectivity index (χ3n) is 2.25. The number of aromatic nitrogens is 2. The van der Waals surface area contributed by atoms with Crippen LogP contribution in [0.15, 0.2) is 36.7 Å². The largest absolute Gasteiger partial charge is 0.390 e. The van der Waals surface area contributed by atoms with Crippen molar-refractivity contribution in [2.75, 3.05) is 0 Å². The van der Waals surface area contributed by atoms with E-state index < -0.39 is 0 Å². The second-order valence-electron chi connectivity index (χ2n) is 3.34. The monoisotopic (exact) mass is 200 g/mol. The molecule has 0 aliphatic carbocycles. The topological polar surface area (TPSA) is 46.0 Å². The van der Waals surface area contributed by atoms with E-state index in [1.165, 1.54) is 0 Å². The second-order valence-corrected chi connectivity index (χ2v) is 3.34. The van der Waals surface area contributed by atoms with Crippen LogP contribution in [0.5, 0.6) is 0 Å². The van der Waals surface area contributed by atoms with Gasteiger partial charge in [-0.3, -0.25) is 9.97 Å². The molecule has 3 heteroatoms. The Hall–Kier alpha value is -1.74. The minimum Gasteiger partial charge on any atom is -0.390 e. The van der Waals surface area contributed by atoms with Crippen molar-refractivity contribution in [3.8, 4) is 11.1 Å². The predicted molar refractivity (Wildman–Crippen MR) is 58.1 cm³/mol. The van der Waals surface area contributed by atoms with Crippen molar-refractivity contribution in [1.29, 1.82) is 0 Å². The summed E-state index contributed by atoms with van der Waals surface area (Å²) in [6, 6.07) is 7.73. The highest BCUT2D eigenvalue weighted by Gasteiger charge is 2.05. The van der Waals surface area contributed by atoms with Crippen molar-refractivity contribution in [1.82, 2.24) is 9.97 Å². The van der Waals surface area contributed by atoms with E-state index in [0.29, 0.717) is 5.69 Å². The number of nitrogens with zero attached hydrogens (tertiary/aromatic N) is 2. The molecule has 3 nitrogen and oxygen atoms in total. The molecule has 0 bridgehead atoms. The van der Waals surface area contributed by atoms with Gasteiger partial charge in [-0.1, -0.05) is 6.07 Å². The lowest BCUT2D eigenvalue weighted by Crippen LogP contribution is -1.95. The number of pyridine rings is 2. The molecule has 0 radical (unpaired) electrons. The quantitative estimate of drug-likeness (QED) is 0.805. The highest BCUT2D eigenvalue weighted by atomic mass is 16.3. The van der Waals surface area contributed by atoms with Crippen molar-refractivity contribution >= 4 is 0 Å². The van der Waals surface area contributed by atoms with Crippen LogP contribution < -0.4 is 0 Å². The first-order valence-corrected chi connectivity index (χ1v) is 4.79. The standard InChI is InChI=1S/C12H12N2O/c1-9-2-3-11(12(8-15)14-9)10-4-6-13-7-5-10/h2-7,15H,8H2,1H3. The summed E-state index contributed by atoms with van der Waals surface area (Å²) in [7, 11) is 0. The van der Waals surface area contributed by atoms with Gasteiger partial charge in [-0.05, 0) is 30.7 Å². The number of aryl methyl sites for hydroxylation is 1. The molecule has 0 aliphatic heterocycles. The van der Waals surface area contributed by atoms with E-state index in [-0.39, 0.29) is 6.61 Å². The summed E-state index contributed by atoms with van der Waals surface area (Å²) in [4.78, 5) is 8.26. The van der Waals surface area contributed by atoms with Gasteiger partial charge in [0.1, 0.15) is 0 Å². The molecule has 2 heterocycles. The van der Waals surface area contributed by atoms with Gasteiger partial charge in [-0.15, -0.1) is 0 Å². The minimum absolute atomic E-state index is 0.0423. The molecule has 0 aliphatic rings. The fourth-order valence-corrected chi connectivity index (χ4v) is 1.53. The molecule has 1 N–H and O–H groups in total. The summed E-state index contributed by atoms with van der Waals surface area (Å²) in [6.07, 6.45) is 3.46. The Morgan fingerprint density at radius 3 is 2.53 bits per heavy atom. The van der Waals surface area contributed by atoms with E-state index in [4.69, 9.17) is 0 Å². The van der Waals surface area contributed by atoms with Crippen LogP contribution in [0.4, 0.5) is 0 Å². The zero-order valence-electron chi connectivity index (χ0n) is 8.51. The van der Waals surface area contributed by atoms with E-state index in [9.17, 15) is 5.11 Å². The van der Waals surface area contributed by atoms with E-state index in [0.717, 1.165) is 16.8 Å². The van der Waals surface area contributed by atoms with Gasteiger partial charge >= 0.3 is 0 Å². The highest BCUT2D eigenvalue weighted by molar-refractivity contribution is 5.65. The Kier molecular flexibility index (Phi) is 2.74. The van der Waals surface area contributed by atoms with Crippen molar-refractivity contribution in [3.05, 3.63) is 48.0 Å². The Labute approximate surface area is 88.5 Å². The number of hydrogen-bond acceptors (Lipinski definition) is 3. The van der Waals surface area contributed by atoms with Crippen LogP contribution in [0.1, 0.15) is 11.4 Å². The van der Waals surface area contributed by atoms with E-state index in [2.05, 4.69) is 9.97 Å². The van der Waals surface area contributed by atoms with Crippen LogP contribution in [0, 0.1) is 6.92 Å². The molecule has 0 aromatic carbocycles. The molecule has 0 saturated carbocycles. The minimum atomic E-state index is -0.0423. The molecule has 0 amide bonds. The average Bonchev–Trinajstić information content (AvgIpc) is 2.30. The normalized spacial score (nSPS) is 10.3. The lowest BCUT2D eigenvalue weighted by molar-refractivity contribution is 0.277. The van der Waals surface area contributed by atoms with Gasteiger partial charge in [0.2, 0.25) is 0 Å². The fraction of sp³-hybridized carbons (Fsp3) is 0.167. The van der Waals surface area contributed by atoms with Gasteiger partial charge in [-0.25, -0.2) is 0 Å². The average molecular weight is 200 g/mol. The number of aliphatic hydroxyl groups excluding tert-OH is 1. The number of aliphatic hydroxyl groups is 1. The SMILES string of the molecule is Cc1ccc(-c2ccncc2)c(CO)n1. The molecule has 2 aromatic rings. The molecule has 0 spiro atoms. The molecular weight excluding hydrogens is 188 g/mol. The first-order valence-electron chi connectivity index (χ1n) is 4.79. The van der Waals surface area contributed by atoms with E-state index >= 15 is 0 Å². The van der Waals surface area contributed by atoms with Crippen LogP contribution in [0.2, 0.25) is 0 Å². The molecule has 76 valence electrons. The lowest BCUT2D eigenvalue weighted by atomic mass is 10.1. The van der Waals surface area contributed by atoms with Crippen LogP contribution in [0.25, 0.3) is 11.1 Å². The van der Waals surface area contributed by atoms with Crippen LogP contribution >= 0.6 is 0 Å². The van der Waals surface area contributed by atoms with E-state index in [1.54, 1.807) is 12.4 Å². The number of rotatable bonds is 2. The second kappa shape index (κ2) is 4.19. The van der Waals surface area contributed by atoms with Gasteiger partial charge in [-0.2, -0.15) is 0 Å². The Balaban J connectivity index is 2.53. The lowest BCUT2D eigenvalue weighted by Gasteiger charge is -2.07. The Morgan fingerprint density at radius 2 is 1.87 bits per heavy atom. The summed E-state index contributed by atoms with van der Waals surface area (Å²) >= 11 is 0. The summed E-state index contributed by atoms with van der Waals surface area (Å²) < 4.78 is 0. The zero-order valence-corrected chi connectivity index (χ0v) is 8.51. The van der Waals surface area contributed by atoms with Crippen molar-refractivity contribution in [3.63, 3.8) is 0 Å². The van der Waals surface area contributed by atoms with Gasteiger partial charge in [0.25, 0.3) is 0 Å². The van der Waals surface area contributed by atoms with Gasteiger partial charge in [0.15, 0.2) is 0 Å². The first kappa shape index (κ1) is 9.80. The summed E-state index contributed by atoms with van der Waals surface area (Å²) in [5, 5.41) is 9.23. The maximum absolute atomic E-state index is 9.23. The molecule has 0 unspecified atom stereocenters. The first-order chi connectivity index (χ1) is 7.31. The molecule has 2 aromatic heterocycles.